The maximum absolute atomic E-state index is 5.38. The second-order valence-corrected chi connectivity index (χ2v) is 5.27. The van der Waals surface area contributed by atoms with Gasteiger partial charge >= 0.3 is 0 Å². The maximum Gasteiger partial charge on any atom is 0.225 e. The highest BCUT2D eigenvalue weighted by Gasteiger charge is 2.13. The molecule has 0 saturated heterocycles. The highest BCUT2D eigenvalue weighted by Crippen LogP contribution is 2.36. The molecule has 0 radical (unpaired) electrons. The van der Waals surface area contributed by atoms with Gasteiger partial charge in [0.2, 0.25) is 5.95 Å². The van der Waals surface area contributed by atoms with Gasteiger partial charge in [-0.1, -0.05) is 23.9 Å². The largest absolute Gasteiger partial charge is 0.496 e. The molecule has 0 fully saturated rings. The first-order chi connectivity index (χ1) is 10.3. The van der Waals surface area contributed by atoms with E-state index in [0.717, 1.165) is 27.7 Å². The Hall–Kier alpha value is -2.28. The fourth-order valence-electron chi connectivity index (χ4n) is 1.92. The summed E-state index contributed by atoms with van der Waals surface area (Å²) in [7, 11) is 1.66. The van der Waals surface area contributed by atoms with Crippen molar-refractivity contribution in [1.29, 1.82) is 0 Å². The summed E-state index contributed by atoms with van der Waals surface area (Å²) < 4.78 is 5.38. The highest BCUT2D eigenvalue weighted by atomic mass is 32.2. The van der Waals surface area contributed by atoms with Gasteiger partial charge in [0.15, 0.2) is 5.65 Å². The van der Waals surface area contributed by atoms with Crippen LogP contribution >= 0.6 is 11.8 Å². The topological polar surface area (TPSA) is 75.7 Å². The molecule has 2 heterocycles. The van der Waals surface area contributed by atoms with Crippen LogP contribution in [0.3, 0.4) is 0 Å². The summed E-state index contributed by atoms with van der Waals surface area (Å²) in [6, 6.07) is 7.85. The van der Waals surface area contributed by atoms with Crippen LogP contribution in [0.4, 0.5) is 5.95 Å². The van der Waals surface area contributed by atoms with E-state index in [0.29, 0.717) is 11.6 Å². The third kappa shape index (κ3) is 2.78. The summed E-state index contributed by atoms with van der Waals surface area (Å²) in [4.78, 5) is 17.2. The first-order valence-corrected chi connectivity index (χ1v) is 7.39. The number of nitrogens with one attached hydrogen (secondary N) is 2. The molecule has 0 saturated carbocycles. The van der Waals surface area contributed by atoms with Crippen molar-refractivity contribution < 1.29 is 4.74 Å². The van der Waals surface area contributed by atoms with Crippen LogP contribution in [0.1, 0.15) is 6.92 Å². The number of H-pyrrole nitrogens is 1. The van der Waals surface area contributed by atoms with Crippen LogP contribution in [0.5, 0.6) is 5.75 Å². The Bertz CT molecular complexity index is 758. The molecular formula is C14H15N5OS. The van der Waals surface area contributed by atoms with E-state index in [9.17, 15) is 0 Å². The fraction of sp³-hybridized carbons (Fsp3) is 0.214. The molecule has 6 nitrogen and oxygen atoms in total. The minimum Gasteiger partial charge on any atom is -0.496 e. The number of rotatable bonds is 5. The Kier molecular flexibility index (Phi) is 3.92. The normalized spacial score (nSPS) is 10.8. The molecule has 0 aliphatic rings. The van der Waals surface area contributed by atoms with Gasteiger partial charge in [0, 0.05) is 6.54 Å². The van der Waals surface area contributed by atoms with Gasteiger partial charge in [0.1, 0.15) is 16.3 Å². The van der Waals surface area contributed by atoms with Crippen molar-refractivity contribution >= 4 is 28.9 Å². The quantitative estimate of drug-likeness (QED) is 0.706. The molecule has 0 amide bonds. The first kappa shape index (κ1) is 13.7. The van der Waals surface area contributed by atoms with E-state index in [1.54, 1.807) is 13.4 Å². The molecule has 0 unspecified atom stereocenters. The Morgan fingerprint density at radius 1 is 1.29 bits per heavy atom. The standard InChI is InChI=1S/C14H15N5OS/c1-3-15-14-18-12-11(16-8-17-12)13(19-14)21-10-7-5-4-6-9(10)20-2/h4-8H,3H2,1-2H3,(H2,15,16,17,18,19). The number of benzene rings is 1. The molecule has 0 atom stereocenters. The van der Waals surface area contributed by atoms with Crippen molar-refractivity contribution in [2.75, 3.05) is 19.0 Å². The first-order valence-electron chi connectivity index (χ1n) is 6.57. The average molecular weight is 301 g/mol. The molecule has 21 heavy (non-hydrogen) atoms. The van der Waals surface area contributed by atoms with Gasteiger partial charge < -0.3 is 15.0 Å². The van der Waals surface area contributed by atoms with Gasteiger partial charge in [-0.2, -0.15) is 4.98 Å². The Labute approximate surface area is 126 Å². The number of imidazole rings is 1. The number of hydrogen-bond donors (Lipinski definition) is 2. The van der Waals surface area contributed by atoms with Crippen LogP contribution in [0.2, 0.25) is 0 Å². The van der Waals surface area contributed by atoms with Crippen molar-refractivity contribution in [3.8, 4) is 5.75 Å². The predicted octanol–water partition coefficient (Wildman–Crippen LogP) is 2.94. The second-order valence-electron chi connectivity index (χ2n) is 4.24. The number of ether oxygens (including phenoxy) is 1. The highest BCUT2D eigenvalue weighted by molar-refractivity contribution is 7.99. The number of aromatic nitrogens is 4. The lowest BCUT2D eigenvalue weighted by atomic mass is 10.3. The number of anilines is 1. The monoisotopic (exact) mass is 301 g/mol. The summed E-state index contributed by atoms with van der Waals surface area (Å²) in [6.45, 7) is 2.76. The summed E-state index contributed by atoms with van der Waals surface area (Å²) in [6.07, 6.45) is 1.63. The predicted molar refractivity (Wildman–Crippen MR) is 83.0 cm³/mol. The van der Waals surface area contributed by atoms with Crippen molar-refractivity contribution in [3.63, 3.8) is 0 Å². The van der Waals surface area contributed by atoms with Crippen LogP contribution in [-0.2, 0) is 0 Å². The lowest BCUT2D eigenvalue weighted by Gasteiger charge is -2.09. The number of hydrogen-bond acceptors (Lipinski definition) is 6. The molecule has 2 N–H and O–H groups in total. The fourth-order valence-corrected chi connectivity index (χ4v) is 2.92. The zero-order valence-corrected chi connectivity index (χ0v) is 12.6. The summed E-state index contributed by atoms with van der Waals surface area (Å²) in [5.41, 5.74) is 1.48. The van der Waals surface area contributed by atoms with Crippen LogP contribution in [0.15, 0.2) is 40.5 Å². The average Bonchev–Trinajstić information content (AvgIpc) is 2.97. The van der Waals surface area contributed by atoms with Crippen LogP contribution < -0.4 is 10.1 Å². The van der Waals surface area contributed by atoms with E-state index in [4.69, 9.17) is 4.74 Å². The Morgan fingerprint density at radius 2 is 2.14 bits per heavy atom. The Balaban J connectivity index is 2.04. The van der Waals surface area contributed by atoms with Gasteiger partial charge in [-0.05, 0) is 19.1 Å². The molecule has 108 valence electrons. The van der Waals surface area contributed by atoms with E-state index in [1.807, 2.05) is 31.2 Å². The van der Waals surface area contributed by atoms with E-state index in [2.05, 4.69) is 25.3 Å². The molecule has 0 spiro atoms. The van der Waals surface area contributed by atoms with E-state index < -0.39 is 0 Å². The van der Waals surface area contributed by atoms with Crippen molar-refractivity contribution in [2.24, 2.45) is 0 Å². The zero-order chi connectivity index (χ0) is 14.7. The third-order valence-electron chi connectivity index (χ3n) is 2.86. The molecule has 3 rings (SSSR count). The SMILES string of the molecule is CCNc1nc(Sc2ccccc2OC)c2[nH]cnc2n1. The van der Waals surface area contributed by atoms with Crippen LogP contribution in [0, 0.1) is 0 Å². The third-order valence-corrected chi connectivity index (χ3v) is 3.91. The van der Waals surface area contributed by atoms with E-state index in [-0.39, 0.29) is 0 Å². The smallest absolute Gasteiger partial charge is 0.225 e. The summed E-state index contributed by atoms with van der Waals surface area (Å²) in [5.74, 6) is 1.40. The van der Waals surface area contributed by atoms with Gasteiger partial charge in [0.25, 0.3) is 0 Å². The molecule has 0 aliphatic heterocycles. The minimum absolute atomic E-state index is 0.578. The lowest BCUT2D eigenvalue weighted by molar-refractivity contribution is 0.405. The maximum atomic E-state index is 5.38. The molecular weight excluding hydrogens is 286 g/mol. The number of para-hydroxylation sites is 1. The molecule has 2 aromatic heterocycles. The van der Waals surface area contributed by atoms with E-state index in [1.165, 1.54) is 11.8 Å². The van der Waals surface area contributed by atoms with Gasteiger partial charge in [-0.25, -0.2) is 9.97 Å². The number of aromatic amines is 1. The van der Waals surface area contributed by atoms with Crippen molar-refractivity contribution in [2.45, 2.75) is 16.8 Å². The molecule has 7 heteroatoms. The molecule has 0 aliphatic carbocycles. The number of fused-ring (bicyclic) bond motifs is 1. The van der Waals surface area contributed by atoms with Gasteiger partial charge in [-0.15, -0.1) is 0 Å². The number of nitrogens with zero attached hydrogens (tertiary/aromatic N) is 3. The lowest BCUT2D eigenvalue weighted by Crippen LogP contribution is -2.03. The second kappa shape index (κ2) is 6.01. The Morgan fingerprint density at radius 3 is 2.95 bits per heavy atom. The summed E-state index contributed by atoms with van der Waals surface area (Å²) >= 11 is 1.53. The molecule has 3 aromatic rings. The zero-order valence-electron chi connectivity index (χ0n) is 11.8. The summed E-state index contributed by atoms with van der Waals surface area (Å²) in [5, 5.41) is 3.94. The molecule has 0 bridgehead atoms. The van der Waals surface area contributed by atoms with Gasteiger partial charge in [-0.3, -0.25) is 0 Å². The van der Waals surface area contributed by atoms with Crippen molar-refractivity contribution in [3.05, 3.63) is 30.6 Å². The van der Waals surface area contributed by atoms with Gasteiger partial charge in [0.05, 0.1) is 18.3 Å². The van der Waals surface area contributed by atoms with Crippen LogP contribution in [0.25, 0.3) is 11.2 Å². The number of methoxy groups -OCH3 is 1. The molecule has 1 aromatic carbocycles. The minimum atomic E-state index is 0.578. The van der Waals surface area contributed by atoms with Crippen molar-refractivity contribution in [1.82, 2.24) is 19.9 Å². The van der Waals surface area contributed by atoms with Crippen LogP contribution in [-0.4, -0.2) is 33.6 Å². The van der Waals surface area contributed by atoms with E-state index >= 15 is 0 Å².